The summed E-state index contributed by atoms with van der Waals surface area (Å²) in [5.74, 6) is 0.702. The van der Waals surface area contributed by atoms with E-state index >= 15 is 0 Å². The number of piperidine rings is 1. The lowest BCUT2D eigenvalue weighted by molar-refractivity contribution is -0.146. The van der Waals surface area contributed by atoms with Crippen molar-refractivity contribution < 1.29 is 9.53 Å². The fourth-order valence-electron chi connectivity index (χ4n) is 2.78. The van der Waals surface area contributed by atoms with Crippen LogP contribution in [0.5, 0.6) is 0 Å². The highest BCUT2D eigenvalue weighted by Gasteiger charge is 2.50. The van der Waals surface area contributed by atoms with Crippen molar-refractivity contribution in [2.75, 3.05) is 40.3 Å². The van der Waals surface area contributed by atoms with E-state index in [0.717, 1.165) is 31.8 Å². The van der Waals surface area contributed by atoms with Crippen LogP contribution in [-0.4, -0.2) is 51.2 Å². The topological polar surface area (TPSA) is 41.6 Å². The van der Waals surface area contributed by atoms with Gasteiger partial charge in [0.25, 0.3) is 0 Å². The maximum Gasteiger partial charge on any atom is 0.313 e. The Balaban J connectivity index is 1.67. The average Bonchev–Trinajstić information content (AvgIpc) is 3.09. The van der Waals surface area contributed by atoms with E-state index in [4.69, 9.17) is 4.74 Å². The van der Waals surface area contributed by atoms with Gasteiger partial charge in [0.05, 0.1) is 12.5 Å². The lowest BCUT2D eigenvalue weighted by Gasteiger charge is -2.30. The van der Waals surface area contributed by atoms with E-state index in [1.165, 1.54) is 33.0 Å². The second-order valence-corrected chi connectivity index (χ2v) is 5.67. The van der Waals surface area contributed by atoms with Crippen LogP contribution in [0.25, 0.3) is 0 Å². The predicted molar refractivity (Wildman–Crippen MR) is 66.8 cm³/mol. The number of nitrogens with zero attached hydrogens (tertiary/aromatic N) is 1. The number of carbonyl (C=O) groups excluding carboxylic acids is 1. The van der Waals surface area contributed by atoms with Crippen LogP contribution in [0, 0.1) is 11.3 Å². The van der Waals surface area contributed by atoms with Gasteiger partial charge >= 0.3 is 5.97 Å². The number of rotatable bonds is 5. The number of hydrogen-bond donors (Lipinski definition) is 1. The third kappa shape index (κ3) is 3.19. The Labute approximate surface area is 104 Å². The Hall–Kier alpha value is -0.610. The van der Waals surface area contributed by atoms with Crippen LogP contribution >= 0.6 is 0 Å². The van der Waals surface area contributed by atoms with Crippen molar-refractivity contribution in [3.05, 3.63) is 0 Å². The van der Waals surface area contributed by atoms with Crippen molar-refractivity contribution >= 4 is 5.97 Å². The van der Waals surface area contributed by atoms with Gasteiger partial charge in [0.1, 0.15) is 0 Å². The largest absolute Gasteiger partial charge is 0.469 e. The molecule has 1 atom stereocenters. The van der Waals surface area contributed by atoms with E-state index in [-0.39, 0.29) is 11.4 Å². The van der Waals surface area contributed by atoms with Crippen molar-refractivity contribution in [2.24, 2.45) is 11.3 Å². The Morgan fingerprint density at radius 1 is 1.53 bits per heavy atom. The summed E-state index contributed by atoms with van der Waals surface area (Å²) in [6, 6.07) is 0. The zero-order valence-electron chi connectivity index (χ0n) is 11.0. The van der Waals surface area contributed by atoms with Crippen LogP contribution in [0.4, 0.5) is 0 Å². The number of likely N-dealkylation sites (tertiary alicyclic amines) is 1. The molecule has 1 unspecified atom stereocenters. The molecule has 0 aromatic heterocycles. The molecule has 0 spiro atoms. The first kappa shape index (κ1) is 12.8. The summed E-state index contributed by atoms with van der Waals surface area (Å²) >= 11 is 0. The van der Waals surface area contributed by atoms with Gasteiger partial charge in [0.2, 0.25) is 0 Å². The lowest BCUT2D eigenvalue weighted by atomic mass is 9.98. The summed E-state index contributed by atoms with van der Waals surface area (Å²) < 4.78 is 4.85. The van der Waals surface area contributed by atoms with Crippen molar-refractivity contribution in [1.29, 1.82) is 0 Å². The molecule has 2 fully saturated rings. The highest BCUT2D eigenvalue weighted by molar-refractivity contribution is 5.80. The molecule has 1 aliphatic heterocycles. The SMILES string of the molecule is COC(=O)C1(CNCC2CCCN(C)C2)CC1. The minimum Gasteiger partial charge on any atom is -0.469 e. The van der Waals surface area contributed by atoms with Crippen LogP contribution in [-0.2, 0) is 9.53 Å². The molecule has 0 amide bonds. The van der Waals surface area contributed by atoms with E-state index in [2.05, 4.69) is 17.3 Å². The van der Waals surface area contributed by atoms with Gasteiger partial charge in [-0.05, 0) is 51.7 Å². The van der Waals surface area contributed by atoms with E-state index in [9.17, 15) is 4.79 Å². The third-order valence-corrected chi connectivity index (χ3v) is 4.09. The Morgan fingerprint density at radius 2 is 2.29 bits per heavy atom. The van der Waals surface area contributed by atoms with Gasteiger partial charge in [-0.2, -0.15) is 0 Å². The molecule has 0 aromatic carbocycles. The van der Waals surface area contributed by atoms with Gasteiger partial charge in [-0.15, -0.1) is 0 Å². The van der Waals surface area contributed by atoms with Gasteiger partial charge in [-0.25, -0.2) is 0 Å². The number of ether oxygens (including phenoxy) is 1. The lowest BCUT2D eigenvalue weighted by Crippen LogP contribution is -2.40. The highest BCUT2D eigenvalue weighted by Crippen LogP contribution is 2.46. The van der Waals surface area contributed by atoms with E-state index in [0.29, 0.717) is 0 Å². The molecule has 2 aliphatic rings. The van der Waals surface area contributed by atoms with Crippen molar-refractivity contribution in [3.63, 3.8) is 0 Å². The molecule has 1 heterocycles. The second-order valence-electron chi connectivity index (χ2n) is 5.67. The van der Waals surface area contributed by atoms with Crippen LogP contribution in [0.15, 0.2) is 0 Å². The average molecular weight is 240 g/mol. The number of nitrogens with one attached hydrogen (secondary N) is 1. The number of hydrogen-bond acceptors (Lipinski definition) is 4. The summed E-state index contributed by atoms with van der Waals surface area (Å²) in [4.78, 5) is 14.0. The van der Waals surface area contributed by atoms with Gasteiger partial charge < -0.3 is 15.0 Å². The van der Waals surface area contributed by atoms with Gasteiger partial charge in [-0.1, -0.05) is 0 Å². The van der Waals surface area contributed by atoms with Crippen LogP contribution in [0.3, 0.4) is 0 Å². The molecule has 1 aliphatic carbocycles. The maximum absolute atomic E-state index is 11.6. The molecule has 17 heavy (non-hydrogen) atoms. The standard InChI is InChI=1S/C13H24N2O2/c1-15-7-3-4-11(9-15)8-14-10-13(5-6-13)12(16)17-2/h11,14H,3-10H2,1-2H3. The molecule has 0 bridgehead atoms. The first-order valence-corrected chi connectivity index (χ1v) is 6.64. The summed E-state index contributed by atoms with van der Waals surface area (Å²) in [5.41, 5.74) is -0.185. The number of methoxy groups -OCH3 is 1. The molecule has 1 N–H and O–H groups in total. The summed E-state index contributed by atoms with van der Waals surface area (Å²) in [6.07, 6.45) is 4.57. The molecular formula is C13H24N2O2. The molecule has 4 heteroatoms. The summed E-state index contributed by atoms with van der Waals surface area (Å²) in [6.45, 7) is 4.23. The molecule has 98 valence electrons. The van der Waals surface area contributed by atoms with E-state index in [1.54, 1.807) is 0 Å². The van der Waals surface area contributed by atoms with Gasteiger partial charge in [0.15, 0.2) is 0 Å². The predicted octanol–water partition coefficient (Wildman–Crippen LogP) is 0.871. The van der Waals surface area contributed by atoms with E-state index in [1.807, 2.05) is 0 Å². The van der Waals surface area contributed by atoms with E-state index < -0.39 is 0 Å². The summed E-state index contributed by atoms with van der Waals surface area (Å²) in [5, 5.41) is 3.47. The van der Waals surface area contributed by atoms with Crippen LogP contribution in [0.1, 0.15) is 25.7 Å². The number of esters is 1. The quantitative estimate of drug-likeness (QED) is 0.724. The third-order valence-electron chi connectivity index (χ3n) is 4.09. The maximum atomic E-state index is 11.6. The minimum absolute atomic E-state index is 0.0363. The Morgan fingerprint density at radius 3 is 2.88 bits per heavy atom. The Kier molecular flexibility index (Phi) is 4.05. The fourth-order valence-corrected chi connectivity index (χ4v) is 2.78. The Bertz CT molecular complexity index is 277. The van der Waals surface area contributed by atoms with Crippen molar-refractivity contribution in [1.82, 2.24) is 10.2 Å². The second kappa shape index (κ2) is 5.36. The molecular weight excluding hydrogens is 216 g/mol. The molecule has 1 saturated carbocycles. The highest BCUT2D eigenvalue weighted by atomic mass is 16.5. The molecule has 4 nitrogen and oxygen atoms in total. The van der Waals surface area contributed by atoms with Crippen molar-refractivity contribution in [3.8, 4) is 0 Å². The zero-order chi connectivity index (χ0) is 12.3. The molecule has 1 saturated heterocycles. The van der Waals surface area contributed by atoms with Gasteiger partial charge in [0, 0.05) is 13.1 Å². The monoisotopic (exact) mass is 240 g/mol. The first-order valence-electron chi connectivity index (χ1n) is 6.64. The number of carbonyl (C=O) groups is 1. The van der Waals surface area contributed by atoms with Crippen LogP contribution < -0.4 is 5.32 Å². The fraction of sp³-hybridized carbons (Fsp3) is 0.923. The molecule has 0 radical (unpaired) electrons. The summed E-state index contributed by atoms with van der Waals surface area (Å²) in [7, 11) is 3.67. The molecule has 0 aromatic rings. The van der Waals surface area contributed by atoms with Gasteiger partial charge in [-0.3, -0.25) is 4.79 Å². The van der Waals surface area contributed by atoms with Crippen LogP contribution in [0.2, 0.25) is 0 Å². The molecule has 2 rings (SSSR count). The smallest absolute Gasteiger partial charge is 0.313 e. The first-order chi connectivity index (χ1) is 8.16. The minimum atomic E-state index is -0.185. The normalized spacial score (nSPS) is 27.8. The zero-order valence-corrected chi connectivity index (χ0v) is 11.0. The van der Waals surface area contributed by atoms with Crippen molar-refractivity contribution in [2.45, 2.75) is 25.7 Å².